The van der Waals surface area contributed by atoms with E-state index < -0.39 is 30.1 Å². The van der Waals surface area contributed by atoms with Gasteiger partial charge in [0.15, 0.2) is 0 Å². The Morgan fingerprint density at radius 3 is 2.60 bits per heavy atom. The van der Waals surface area contributed by atoms with Gasteiger partial charge >= 0.3 is 5.97 Å². The van der Waals surface area contributed by atoms with Crippen LogP contribution in [0.5, 0.6) is 0 Å². The van der Waals surface area contributed by atoms with Crippen LogP contribution in [-0.2, 0) is 4.79 Å². The summed E-state index contributed by atoms with van der Waals surface area (Å²) in [5.41, 5.74) is 5.26. The Labute approximate surface area is 91.3 Å². The Balaban J connectivity index is 0.00000196. The predicted octanol–water partition coefficient (Wildman–Crippen LogP) is 1.86. The van der Waals surface area contributed by atoms with E-state index in [0.717, 1.165) is 18.2 Å². The number of carboxylic acid groups (broad SMARTS) is 1. The van der Waals surface area contributed by atoms with Gasteiger partial charge in [0.1, 0.15) is 11.6 Å². The molecule has 84 valence electrons. The summed E-state index contributed by atoms with van der Waals surface area (Å²) in [6.07, 6.45) is -0.430. The summed E-state index contributed by atoms with van der Waals surface area (Å²) < 4.78 is 25.7. The second-order valence-electron chi connectivity index (χ2n) is 2.87. The topological polar surface area (TPSA) is 63.3 Å². The zero-order valence-electron chi connectivity index (χ0n) is 7.61. The van der Waals surface area contributed by atoms with E-state index in [1.165, 1.54) is 0 Å². The lowest BCUT2D eigenvalue weighted by molar-refractivity contribution is -0.137. The smallest absolute Gasteiger partial charge is 0.305 e. The largest absolute Gasteiger partial charge is 0.481 e. The van der Waals surface area contributed by atoms with E-state index in [2.05, 4.69) is 0 Å². The Bertz CT molecular complexity index is 360. The molecule has 1 rings (SSSR count). The van der Waals surface area contributed by atoms with Crippen LogP contribution in [0.4, 0.5) is 8.78 Å². The molecule has 1 unspecified atom stereocenters. The molecule has 0 aliphatic rings. The number of benzene rings is 1. The first-order chi connectivity index (χ1) is 6.50. The van der Waals surface area contributed by atoms with Gasteiger partial charge in [-0.25, -0.2) is 8.78 Å². The third-order valence-corrected chi connectivity index (χ3v) is 1.75. The van der Waals surface area contributed by atoms with Gasteiger partial charge in [0.05, 0.1) is 6.42 Å². The lowest BCUT2D eigenvalue weighted by atomic mass is 10.0. The zero-order valence-corrected chi connectivity index (χ0v) is 8.43. The summed E-state index contributed by atoms with van der Waals surface area (Å²) in [6, 6.07) is 1.75. The molecule has 0 amide bonds. The van der Waals surface area contributed by atoms with Crippen LogP contribution in [0, 0.1) is 11.6 Å². The molecule has 0 heterocycles. The van der Waals surface area contributed by atoms with Crippen LogP contribution in [-0.4, -0.2) is 11.1 Å². The molecule has 0 fully saturated rings. The molecule has 0 aliphatic heterocycles. The number of halogens is 3. The molecule has 1 aromatic carbocycles. The molecule has 6 heteroatoms. The molecule has 0 aromatic heterocycles. The van der Waals surface area contributed by atoms with Crippen molar-refractivity contribution in [2.75, 3.05) is 0 Å². The van der Waals surface area contributed by atoms with Crippen molar-refractivity contribution in [1.82, 2.24) is 0 Å². The molecule has 0 bridgehead atoms. The maximum absolute atomic E-state index is 13.0. The van der Waals surface area contributed by atoms with E-state index in [0.29, 0.717) is 0 Å². The molecular formula is C9H10ClF2NO2. The standard InChI is InChI=1S/C9H9F2NO2.ClH/c10-5-1-2-7(11)6(3-5)8(12)4-9(13)14;/h1-3,8H,4,12H2,(H,13,14);1H. The maximum Gasteiger partial charge on any atom is 0.305 e. The van der Waals surface area contributed by atoms with E-state index in [1.807, 2.05) is 0 Å². The van der Waals surface area contributed by atoms with Crippen molar-refractivity contribution in [3.05, 3.63) is 35.4 Å². The van der Waals surface area contributed by atoms with Gasteiger partial charge in [0.2, 0.25) is 0 Å². The van der Waals surface area contributed by atoms with Gasteiger partial charge in [-0.1, -0.05) is 0 Å². The van der Waals surface area contributed by atoms with Crippen LogP contribution in [0.25, 0.3) is 0 Å². The molecule has 0 aliphatic carbocycles. The van der Waals surface area contributed by atoms with Crippen molar-refractivity contribution in [3.63, 3.8) is 0 Å². The normalized spacial score (nSPS) is 11.7. The fraction of sp³-hybridized carbons (Fsp3) is 0.222. The van der Waals surface area contributed by atoms with E-state index in [1.54, 1.807) is 0 Å². The highest BCUT2D eigenvalue weighted by molar-refractivity contribution is 5.85. The summed E-state index contributed by atoms with van der Waals surface area (Å²) in [4.78, 5) is 10.3. The van der Waals surface area contributed by atoms with Crippen LogP contribution in [0.1, 0.15) is 18.0 Å². The Morgan fingerprint density at radius 2 is 2.07 bits per heavy atom. The van der Waals surface area contributed by atoms with Gasteiger partial charge in [-0.05, 0) is 18.2 Å². The molecule has 3 N–H and O–H groups in total. The number of rotatable bonds is 3. The Kier molecular flexibility index (Phi) is 5.18. The highest BCUT2D eigenvalue weighted by atomic mass is 35.5. The number of aliphatic carboxylic acids is 1. The first-order valence-corrected chi connectivity index (χ1v) is 3.93. The molecule has 0 spiro atoms. The van der Waals surface area contributed by atoms with Gasteiger partial charge in [0.25, 0.3) is 0 Å². The molecule has 0 saturated carbocycles. The van der Waals surface area contributed by atoms with Crippen molar-refractivity contribution < 1.29 is 18.7 Å². The monoisotopic (exact) mass is 237 g/mol. The van der Waals surface area contributed by atoms with Gasteiger partial charge in [-0.3, -0.25) is 4.79 Å². The second-order valence-corrected chi connectivity index (χ2v) is 2.87. The van der Waals surface area contributed by atoms with Crippen LogP contribution < -0.4 is 5.73 Å². The summed E-state index contributed by atoms with van der Waals surface area (Å²) in [5.74, 6) is -2.48. The number of carboxylic acids is 1. The van der Waals surface area contributed by atoms with Crippen LogP contribution >= 0.6 is 12.4 Å². The van der Waals surface area contributed by atoms with E-state index >= 15 is 0 Å². The summed E-state index contributed by atoms with van der Waals surface area (Å²) in [6.45, 7) is 0. The minimum atomic E-state index is -1.15. The predicted molar refractivity (Wildman–Crippen MR) is 52.8 cm³/mol. The maximum atomic E-state index is 13.0. The quantitative estimate of drug-likeness (QED) is 0.844. The van der Waals surface area contributed by atoms with Crippen molar-refractivity contribution >= 4 is 18.4 Å². The summed E-state index contributed by atoms with van der Waals surface area (Å²) in [7, 11) is 0. The van der Waals surface area contributed by atoms with E-state index in [-0.39, 0.29) is 18.0 Å². The molecule has 3 nitrogen and oxygen atoms in total. The minimum absolute atomic E-state index is 0. The Hall–Kier alpha value is -1.20. The van der Waals surface area contributed by atoms with Gasteiger partial charge in [-0.15, -0.1) is 12.4 Å². The van der Waals surface area contributed by atoms with Crippen molar-refractivity contribution in [1.29, 1.82) is 0 Å². The SMILES string of the molecule is Cl.NC(CC(=O)O)c1cc(F)ccc1F. The van der Waals surface area contributed by atoms with Crippen molar-refractivity contribution in [2.24, 2.45) is 5.73 Å². The zero-order chi connectivity index (χ0) is 10.7. The molecule has 1 atom stereocenters. The van der Waals surface area contributed by atoms with E-state index in [4.69, 9.17) is 10.8 Å². The van der Waals surface area contributed by atoms with Crippen LogP contribution in [0.2, 0.25) is 0 Å². The Morgan fingerprint density at radius 1 is 1.47 bits per heavy atom. The molecule has 1 aromatic rings. The van der Waals surface area contributed by atoms with Crippen LogP contribution in [0.3, 0.4) is 0 Å². The fourth-order valence-corrected chi connectivity index (χ4v) is 1.10. The van der Waals surface area contributed by atoms with Gasteiger partial charge in [-0.2, -0.15) is 0 Å². The minimum Gasteiger partial charge on any atom is -0.481 e. The number of carbonyl (C=O) groups is 1. The highest BCUT2D eigenvalue weighted by Gasteiger charge is 2.15. The summed E-state index contributed by atoms with van der Waals surface area (Å²) >= 11 is 0. The van der Waals surface area contributed by atoms with Gasteiger partial charge in [0, 0.05) is 11.6 Å². The molecule has 0 saturated heterocycles. The fourth-order valence-electron chi connectivity index (χ4n) is 1.10. The molecule has 0 radical (unpaired) electrons. The summed E-state index contributed by atoms with van der Waals surface area (Å²) in [5, 5.41) is 8.41. The number of hydrogen-bond donors (Lipinski definition) is 2. The first kappa shape index (κ1) is 13.8. The molecule has 15 heavy (non-hydrogen) atoms. The third kappa shape index (κ3) is 3.81. The van der Waals surface area contributed by atoms with Crippen LogP contribution in [0.15, 0.2) is 18.2 Å². The lowest BCUT2D eigenvalue weighted by Gasteiger charge is -2.10. The van der Waals surface area contributed by atoms with Crippen molar-refractivity contribution in [3.8, 4) is 0 Å². The van der Waals surface area contributed by atoms with E-state index in [9.17, 15) is 13.6 Å². The second kappa shape index (κ2) is 5.63. The average Bonchev–Trinajstić information content (AvgIpc) is 2.08. The van der Waals surface area contributed by atoms with Crippen molar-refractivity contribution in [2.45, 2.75) is 12.5 Å². The first-order valence-electron chi connectivity index (χ1n) is 3.93. The lowest BCUT2D eigenvalue weighted by Crippen LogP contribution is -2.16. The number of nitrogens with two attached hydrogens (primary N) is 1. The van der Waals surface area contributed by atoms with Gasteiger partial charge < -0.3 is 10.8 Å². The highest BCUT2D eigenvalue weighted by Crippen LogP contribution is 2.18. The third-order valence-electron chi connectivity index (χ3n) is 1.75. The molecular weight excluding hydrogens is 228 g/mol. The average molecular weight is 238 g/mol. The number of hydrogen-bond acceptors (Lipinski definition) is 2.